The molecule has 2 saturated carbocycles. The molecule has 1 aromatic heterocycles. The average molecular weight is 375 g/mol. The summed E-state index contributed by atoms with van der Waals surface area (Å²) >= 11 is 0. The van der Waals surface area contributed by atoms with Crippen LogP contribution in [0.25, 0.3) is 10.9 Å². The van der Waals surface area contributed by atoms with Crippen LogP contribution in [-0.4, -0.2) is 40.4 Å². The minimum Gasteiger partial charge on any atom is -0.477 e. The van der Waals surface area contributed by atoms with E-state index in [1.165, 1.54) is 10.8 Å². The Labute approximate surface area is 153 Å². The molecule has 5 rings (SSSR count). The summed E-state index contributed by atoms with van der Waals surface area (Å²) < 4.78 is 30.3. The number of nitrogens with zero attached hydrogens (tertiary/aromatic N) is 2. The van der Waals surface area contributed by atoms with Gasteiger partial charge in [0.1, 0.15) is 17.6 Å². The number of piperidine rings is 1. The number of hydrogen-bond donors (Lipinski definition) is 2. The summed E-state index contributed by atoms with van der Waals surface area (Å²) in [5, 5.41) is 9.29. The Kier molecular flexibility index (Phi) is 3.13. The Morgan fingerprint density at radius 3 is 2.70 bits per heavy atom. The Balaban J connectivity index is 1.77. The molecule has 6 nitrogen and oxygen atoms in total. The molecular formula is C19H19F2N3O3. The van der Waals surface area contributed by atoms with E-state index in [0.29, 0.717) is 35.8 Å². The van der Waals surface area contributed by atoms with Gasteiger partial charge in [0.2, 0.25) is 5.43 Å². The van der Waals surface area contributed by atoms with E-state index in [1.807, 2.05) is 4.90 Å². The normalized spacial score (nSPS) is 31.3. The zero-order valence-electron chi connectivity index (χ0n) is 14.7. The number of carboxylic acid groups (broad SMARTS) is 1. The number of alkyl halides is 1. The monoisotopic (exact) mass is 375 g/mol. The largest absolute Gasteiger partial charge is 0.477 e. The number of aryl methyl sites for hydroxylation is 1. The van der Waals surface area contributed by atoms with Crippen molar-refractivity contribution in [1.82, 2.24) is 4.57 Å². The fourth-order valence-electron chi connectivity index (χ4n) is 4.61. The molecule has 0 amide bonds. The van der Waals surface area contributed by atoms with E-state index in [1.54, 1.807) is 6.92 Å². The third kappa shape index (κ3) is 2.25. The summed E-state index contributed by atoms with van der Waals surface area (Å²) in [5.41, 5.74) is 6.02. The molecule has 2 heterocycles. The van der Waals surface area contributed by atoms with E-state index in [-0.39, 0.29) is 17.3 Å². The highest BCUT2D eigenvalue weighted by molar-refractivity contribution is 5.95. The van der Waals surface area contributed by atoms with E-state index in [0.717, 1.165) is 12.5 Å². The van der Waals surface area contributed by atoms with Gasteiger partial charge in [-0.2, -0.15) is 0 Å². The second kappa shape index (κ2) is 5.07. The second-order valence-corrected chi connectivity index (χ2v) is 8.15. The fraction of sp³-hybridized carbons (Fsp3) is 0.474. The molecule has 8 heteroatoms. The van der Waals surface area contributed by atoms with E-state index in [4.69, 9.17) is 5.73 Å². The summed E-state index contributed by atoms with van der Waals surface area (Å²) in [7, 11) is 0. The van der Waals surface area contributed by atoms with Crippen molar-refractivity contribution in [2.75, 3.05) is 18.0 Å². The van der Waals surface area contributed by atoms with Crippen molar-refractivity contribution in [2.24, 2.45) is 11.7 Å². The molecule has 0 spiro atoms. The third-order valence-corrected chi connectivity index (χ3v) is 6.27. The number of fused-ring (bicyclic) bond motifs is 2. The number of carbonyl (C=O) groups is 1. The van der Waals surface area contributed by atoms with Gasteiger partial charge in [0, 0.05) is 36.6 Å². The van der Waals surface area contributed by atoms with E-state index in [9.17, 15) is 23.5 Å². The number of nitrogens with two attached hydrogens (primary N) is 1. The molecule has 4 atom stereocenters. The molecule has 1 aromatic carbocycles. The van der Waals surface area contributed by atoms with E-state index >= 15 is 0 Å². The van der Waals surface area contributed by atoms with Crippen molar-refractivity contribution in [1.29, 1.82) is 0 Å². The molecule has 2 aromatic rings. The highest BCUT2D eigenvalue weighted by atomic mass is 19.1. The van der Waals surface area contributed by atoms with Crippen LogP contribution >= 0.6 is 0 Å². The van der Waals surface area contributed by atoms with Gasteiger partial charge < -0.3 is 20.3 Å². The standard InChI is InChI=1S/C19H19F2N3O3/c1-8-15-10(2-13(21)16(8)23-5-9-4-19(9,22)7-23)17(25)11(18(26)27)6-24(15)14-3-12(14)20/h2,6,9,12,14H,3-5,7,22H2,1H3,(H,26,27)/t9?,12-,14+,19?/m0/s1. The maximum atomic E-state index is 15.0. The van der Waals surface area contributed by atoms with Crippen LogP contribution in [0.1, 0.15) is 34.8 Å². The maximum absolute atomic E-state index is 15.0. The summed E-state index contributed by atoms with van der Waals surface area (Å²) in [5.74, 6) is -1.65. The van der Waals surface area contributed by atoms with Gasteiger partial charge in [0.05, 0.1) is 17.2 Å². The predicted octanol–water partition coefficient (Wildman–Crippen LogP) is 1.97. The van der Waals surface area contributed by atoms with Crippen molar-refractivity contribution in [3.8, 4) is 0 Å². The first-order chi connectivity index (χ1) is 12.7. The maximum Gasteiger partial charge on any atom is 0.341 e. The molecule has 142 valence electrons. The molecule has 1 saturated heterocycles. The first kappa shape index (κ1) is 16.7. The topological polar surface area (TPSA) is 88.6 Å². The average Bonchev–Trinajstić information content (AvgIpc) is 3.43. The van der Waals surface area contributed by atoms with Crippen molar-refractivity contribution < 1.29 is 18.7 Å². The number of anilines is 1. The zero-order valence-corrected chi connectivity index (χ0v) is 14.7. The minimum absolute atomic E-state index is 0.0282. The number of pyridine rings is 1. The van der Waals surface area contributed by atoms with Gasteiger partial charge >= 0.3 is 5.97 Å². The predicted molar refractivity (Wildman–Crippen MR) is 95.7 cm³/mol. The van der Waals surface area contributed by atoms with Crippen LogP contribution in [0.15, 0.2) is 17.1 Å². The first-order valence-corrected chi connectivity index (χ1v) is 9.00. The number of benzene rings is 1. The molecular weight excluding hydrogens is 356 g/mol. The van der Waals surface area contributed by atoms with Crippen LogP contribution in [-0.2, 0) is 0 Å². The number of carboxylic acids is 1. The van der Waals surface area contributed by atoms with E-state index < -0.39 is 35.0 Å². The van der Waals surface area contributed by atoms with Crippen molar-refractivity contribution >= 4 is 22.6 Å². The smallest absolute Gasteiger partial charge is 0.341 e. The van der Waals surface area contributed by atoms with Gasteiger partial charge in [-0.15, -0.1) is 0 Å². The quantitative estimate of drug-likeness (QED) is 0.856. The van der Waals surface area contributed by atoms with Crippen molar-refractivity contribution in [3.05, 3.63) is 39.4 Å². The van der Waals surface area contributed by atoms with Crippen LogP contribution in [0.2, 0.25) is 0 Å². The Morgan fingerprint density at radius 1 is 1.44 bits per heavy atom. The first-order valence-electron chi connectivity index (χ1n) is 9.00. The van der Waals surface area contributed by atoms with Gasteiger partial charge in [-0.05, 0) is 30.9 Å². The van der Waals surface area contributed by atoms with Crippen LogP contribution in [0.5, 0.6) is 0 Å². The van der Waals surface area contributed by atoms with Crippen LogP contribution in [0.4, 0.5) is 14.5 Å². The Morgan fingerprint density at radius 2 is 2.15 bits per heavy atom. The summed E-state index contributed by atoms with van der Waals surface area (Å²) in [6, 6.07) is 0.558. The SMILES string of the molecule is Cc1c(N2CC3CC3(N)C2)c(F)cc2c(=O)c(C(=O)O)cn([C@@H]3C[C@@H]3F)c12. The summed E-state index contributed by atoms with van der Waals surface area (Å²) in [6.07, 6.45) is 1.27. The molecule has 3 fully saturated rings. The Hall–Kier alpha value is -2.48. The molecule has 3 aliphatic rings. The number of rotatable bonds is 3. The number of halogens is 2. The van der Waals surface area contributed by atoms with Crippen molar-refractivity contribution in [3.63, 3.8) is 0 Å². The second-order valence-electron chi connectivity index (χ2n) is 8.15. The molecule has 1 aliphatic heterocycles. The molecule has 27 heavy (non-hydrogen) atoms. The molecule has 2 aliphatic carbocycles. The molecule has 0 bridgehead atoms. The minimum atomic E-state index is -1.40. The van der Waals surface area contributed by atoms with Crippen LogP contribution in [0, 0.1) is 18.7 Å². The summed E-state index contributed by atoms with van der Waals surface area (Å²) in [4.78, 5) is 25.9. The lowest BCUT2D eigenvalue weighted by Gasteiger charge is -2.26. The van der Waals surface area contributed by atoms with Gasteiger partial charge in [0.25, 0.3) is 0 Å². The highest BCUT2D eigenvalue weighted by Gasteiger charge is 2.57. The highest BCUT2D eigenvalue weighted by Crippen LogP contribution is 2.50. The number of aromatic carboxylic acids is 1. The van der Waals surface area contributed by atoms with E-state index in [2.05, 4.69) is 0 Å². The lowest BCUT2D eigenvalue weighted by Crippen LogP contribution is -2.34. The number of aromatic nitrogens is 1. The van der Waals surface area contributed by atoms with Crippen LogP contribution < -0.4 is 16.1 Å². The Bertz CT molecular complexity index is 1080. The zero-order chi connectivity index (χ0) is 19.2. The molecule has 3 N–H and O–H groups in total. The van der Waals surface area contributed by atoms with Gasteiger partial charge in [-0.25, -0.2) is 13.6 Å². The lowest BCUT2D eigenvalue weighted by atomic mass is 10.0. The van der Waals surface area contributed by atoms with Crippen molar-refractivity contribution in [2.45, 2.75) is 37.5 Å². The van der Waals surface area contributed by atoms with Crippen LogP contribution in [0.3, 0.4) is 0 Å². The molecule has 0 radical (unpaired) electrons. The van der Waals surface area contributed by atoms with Gasteiger partial charge in [-0.3, -0.25) is 4.79 Å². The summed E-state index contributed by atoms with van der Waals surface area (Å²) in [6.45, 7) is 2.87. The number of hydrogen-bond acceptors (Lipinski definition) is 4. The lowest BCUT2D eigenvalue weighted by molar-refractivity contribution is 0.0694. The third-order valence-electron chi connectivity index (χ3n) is 6.27. The molecule has 2 unspecified atom stereocenters. The van der Waals surface area contributed by atoms with Gasteiger partial charge in [-0.1, -0.05) is 0 Å². The fourth-order valence-corrected chi connectivity index (χ4v) is 4.61. The van der Waals surface area contributed by atoms with Gasteiger partial charge in [0.15, 0.2) is 0 Å².